The molecule has 0 bridgehead atoms. The highest BCUT2D eigenvalue weighted by molar-refractivity contribution is 5.96. The van der Waals surface area contributed by atoms with Crippen LogP contribution in [0.15, 0.2) is 4.99 Å². The minimum absolute atomic E-state index is 0.429. The van der Waals surface area contributed by atoms with E-state index in [9.17, 15) is 19.2 Å². The first-order valence-electron chi connectivity index (χ1n) is 6.83. The Hall–Kier alpha value is -2.25. The highest BCUT2D eigenvalue weighted by Crippen LogP contribution is 2.07. The van der Waals surface area contributed by atoms with Gasteiger partial charge in [0.1, 0.15) is 6.04 Å². The molecule has 0 radical (unpaired) electrons. The third kappa shape index (κ3) is 7.51. The van der Waals surface area contributed by atoms with E-state index in [1.807, 2.05) is 0 Å². The molecule has 0 aliphatic carbocycles. The smallest absolute Gasteiger partial charge is 0.306 e. The first kappa shape index (κ1) is 19.8. The van der Waals surface area contributed by atoms with Crippen molar-refractivity contribution < 1.29 is 29.4 Å². The number of rotatable bonds is 9. The number of amides is 1. The number of carbonyl (C=O) groups excluding carboxylic acids is 2. The largest absolute Gasteiger partial charge is 0.481 e. The molecule has 0 saturated heterocycles. The van der Waals surface area contributed by atoms with Crippen molar-refractivity contribution in [3.63, 3.8) is 0 Å². The van der Waals surface area contributed by atoms with Gasteiger partial charge in [-0.25, -0.2) is 0 Å². The van der Waals surface area contributed by atoms with Crippen molar-refractivity contribution in [3.05, 3.63) is 0 Å². The number of aliphatic carboxylic acids is 2. The summed E-state index contributed by atoms with van der Waals surface area (Å²) in [5.41, 5.74) is 0.506. The lowest BCUT2D eigenvalue weighted by Crippen LogP contribution is -2.48. The quantitative estimate of drug-likeness (QED) is 0.530. The first-order valence-corrected chi connectivity index (χ1v) is 6.83. The Morgan fingerprint density at radius 1 is 1.00 bits per heavy atom. The first-order chi connectivity index (χ1) is 10.0. The molecular weight excluding hydrogens is 292 g/mol. The van der Waals surface area contributed by atoms with Gasteiger partial charge in [0.25, 0.3) is 0 Å². The van der Waals surface area contributed by atoms with Crippen molar-refractivity contribution in [1.82, 2.24) is 5.32 Å². The van der Waals surface area contributed by atoms with Crippen molar-refractivity contribution in [2.24, 2.45) is 10.9 Å². The topological polar surface area (TPSA) is 133 Å². The second-order valence-electron chi connectivity index (χ2n) is 5.41. The Bertz CT molecular complexity index is 480. The molecule has 22 heavy (non-hydrogen) atoms. The fraction of sp³-hybridized carbons (Fsp3) is 0.643. The average Bonchev–Trinajstić information content (AvgIpc) is 2.34. The minimum Gasteiger partial charge on any atom is -0.481 e. The fourth-order valence-corrected chi connectivity index (χ4v) is 1.74. The number of Topliss-reactive ketones (excluding diaryl/α,β-unsaturated/α-hetero) is 1. The maximum atomic E-state index is 12.1. The molecule has 124 valence electrons. The van der Waals surface area contributed by atoms with Gasteiger partial charge in [0.2, 0.25) is 5.91 Å². The lowest BCUT2D eigenvalue weighted by molar-refractivity contribution is -0.142. The minimum atomic E-state index is -1.23. The predicted octanol–water partition coefficient (Wildman–Crippen LogP) is 0.495. The third-order valence-electron chi connectivity index (χ3n) is 2.69. The van der Waals surface area contributed by atoms with Crippen LogP contribution in [0.1, 0.15) is 40.5 Å². The number of carbonyl (C=O) groups is 4. The molecule has 1 amide bonds. The molecule has 0 aromatic rings. The van der Waals surface area contributed by atoms with E-state index in [0.717, 1.165) is 0 Å². The van der Waals surface area contributed by atoms with E-state index in [2.05, 4.69) is 10.3 Å². The zero-order valence-electron chi connectivity index (χ0n) is 13.1. The summed E-state index contributed by atoms with van der Waals surface area (Å²) in [6, 6.07) is -2.40. The van der Waals surface area contributed by atoms with Gasteiger partial charge in [0, 0.05) is 11.6 Å². The zero-order chi connectivity index (χ0) is 17.4. The highest BCUT2D eigenvalue weighted by Gasteiger charge is 2.29. The number of carboxylic acids is 2. The van der Waals surface area contributed by atoms with Crippen LogP contribution in [0.3, 0.4) is 0 Å². The molecule has 0 heterocycles. The number of ketones is 1. The van der Waals surface area contributed by atoms with Crippen LogP contribution in [0.25, 0.3) is 0 Å². The van der Waals surface area contributed by atoms with Gasteiger partial charge < -0.3 is 15.5 Å². The molecule has 0 aromatic carbocycles. The van der Waals surface area contributed by atoms with Crippen LogP contribution in [-0.2, 0) is 19.2 Å². The predicted molar refractivity (Wildman–Crippen MR) is 78.9 cm³/mol. The number of nitrogens with zero attached hydrogens (tertiary/aromatic N) is 1. The normalized spacial score (nSPS) is 13.1. The zero-order valence-corrected chi connectivity index (χ0v) is 13.1. The number of carboxylic acid groups (broad SMARTS) is 2. The molecule has 0 spiro atoms. The summed E-state index contributed by atoms with van der Waals surface area (Å²) in [5.74, 6) is -4.11. The molecule has 8 heteroatoms. The van der Waals surface area contributed by atoms with E-state index in [1.165, 1.54) is 0 Å². The Morgan fingerprint density at radius 3 is 1.86 bits per heavy atom. The number of hydrogen-bond donors (Lipinski definition) is 3. The van der Waals surface area contributed by atoms with Gasteiger partial charge >= 0.3 is 11.9 Å². The van der Waals surface area contributed by atoms with Crippen molar-refractivity contribution in [2.75, 3.05) is 0 Å². The van der Waals surface area contributed by atoms with E-state index in [1.54, 1.807) is 27.7 Å². The van der Waals surface area contributed by atoms with E-state index in [0.29, 0.717) is 5.71 Å². The van der Waals surface area contributed by atoms with Crippen LogP contribution >= 0.6 is 0 Å². The second-order valence-corrected chi connectivity index (χ2v) is 5.41. The summed E-state index contributed by atoms with van der Waals surface area (Å²) in [6.45, 7) is 6.39. The number of hydrogen-bond acceptors (Lipinski definition) is 5. The SMILES string of the molecule is CC(C)=NC(CC(=O)O)C(=O)NC(CC(=O)O)C(=O)C(C)C. The van der Waals surface area contributed by atoms with Crippen LogP contribution < -0.4 is 5.32 Å². The Labute approximate surface area is 128 Å². The summed E-state index contributed by atoms with van der Waals surface area (Å²) in [4.78, 5) is 49.6. The van der Waals surface area contributed by atoms with Crippen LogP contribution in [0.4, 0.5) is 0 Å². The van der Waals surface area contributed by atoms with Gasteiger partial charge in [-0.3, -0.25) is 24.2 Å². The van der Waals surface area contributed by atoms with Gasteiger partial charge in [0.05, 0.1) is 18.9 Å². The van der Waals surface area contributed by atoms with E-state index >= 15 is 0 Å². The van der Waals surface area contributed by atoms with Crippen molar-refractivity contribution in [1.29, 1.82) is 0 Å². The Balaban J connectivity index is 5.17. The lowest BCUT2D eigenvalue weighted by atomic mass is 9.98. The maximum Gasteiger partial charge on any atom is 0.306 e. The van der Waals surface area contributed by atoms with E-state index < -0.39 is 54.5 Å². The molecular formula is C14H22N2O6. The summed E-state index contributed by atoms with van der Waals surface area (Å²) < 4.78 is 0. The van der Waals surface area contributed by atoms with Crippen LogP contribution in [0, 0.1) is 5.92 Å². The molecule has 0 saturated carbocycles. The summed E-state index contributed by atoms with van der Waals surface area (Å²) >= 11 is 0. The van der Waals surface area contributed by atoms with E-state index in [4.69, 9.17) is 10.2 Å². The van der Waals surface area contributed by atoms with Gasteiger partial charge in [-0.1, -0.05) is 13.8 Å². The molecule has 0 aliphatic rings. The molecule has 8 nitrogen and oxygen atoms in total. The summed E-state index contributed by atoms with van der Waals surface area (Å²) in [5, 5.41) is 19.9. The van der Waals surface area contributed by atoms with Gasteiger partial charge in [0.15, 0.2) is 5.78 Å². The van der Waals surface area contributed by atoms with E-state index in [-0.39, 0.29) is 0 Å². The fourth-order valence-electron chi connectivity index (χ4n) is 1.74. The molecule has 3 N–H and O–H groups in total. The number of aliphatic imine (C=N–C) groups is 1. The van der Waals surface area contributed by atoms with Crippen LogP contribution in [0.2, 0.25) is 0 Å². The van der Waals surface area contributed by atoms with Gasteiger partial charge in [-0.05, 0) is 13.8 Å². The molecule has 0 aliphatic heterocycles. The standard InChI is InChI=1S/C14H22N2O6/c1-7(2)13(21)9(5-11(17)18)16-14(22)10(6-12(19)20)15-8(3)4/h7,9-10H,5-6H2,1-4H3,(H,16,22)(H,17,18)(H,19,20). The molecule has 0 fully saturated rings. The lowest BCUT2D eigenvalue weighted by Gasteiger charge is -2.20. The molecule has 0 aromatic heterocycles. The van der Waals surface area contributed by atoms with Crippen LogP contribution in [-0.4, -0.2) is 51.6 Å². The summed E-state index contributed by atoms with van der Waals surface area (Å²) in [7, 11) is 0. The van der Waals surface area contributed by atoms with Crippen molar-refractivity contribution >= 4 is 29.3 Å². The van der Waals surface area contributed by atoms with Gasteiger partial charge in [-0.15, -0.1) is 0 Å². The Kier molecular flexibility index (Phi) is 8.00. The van der Waals surface area contributed by atoms with Crippen molar-refractivity contribution in [3.8, 4) is 0 Å². The monoisotopic (exact) mass is 314 g/mol. The van der Waals surface area contributed by atoms with Crippen LogP contribution in [0.5, 0.6) is 0 Å². The number of nitrogens with one attached hydrogen (secondary N) is 1. The third-order valence-corrected chi connectivity index (χ3v) is 2.69. The van der Waals surface area contributed by atoms with Gasteiger partial charge in [-0.2, -0.15) is 0 Å². The van der Waals surface area contributed by atoms with Crippen molar-refractivity contribution in [2.45, 2.75) is 52.6 Å². The second kappa shape index (κ2) is 8.91. The molecule has 2 unspecified atom stereocenters. The summed E-state index contributed by atoms with van der Waals surface area (Å²) in [6.07, 6.45) is -1.09. The molecule has 0 rings (SSSR count). The molecule has 2 atom stereocenters. The Morgan fingerprint density at radius 2 is 1.50 bits per heavy atom. The average molecular weight is 314 g/mol. The highest BCUT2D eigenvalue weighted by atomic mass is 16.4. The maximum absolute atomic E-state index is 12.1.